The van der Waals surface area contributed by atoms with E-state index in [4.69, 9.17) is 4.74 Å². The van der Waals surface area contributed by atoms with Crippen LogP contribution in [-0.2, 0) is 9.53 Å². The number of Topliss-reactive ketones (excluding diaryl/α,β-unsaturated/α-hetero) is 1. The van der Waals surface area contributed by atoms with Crippen LogP contribution >= 0.6 is 11.8 Å². The number of carbonyl (C=O) groups is 3. The Balaban J connectivity index is 1.65. The maximum atomic E-state index is 11.8. The van der Waals surface area contributed by atoms with Crippen molar-refractivity contribution in [1.82, 2.24) is 10.3 Å². The monoisotopic (exact) mass is 360 g/mol. The largest absolute Gasteiger partial charge is 0.451 e. The van der Waals surface area contributed by atoms with Crippen molar-refractivity contribution in [2.24, 2.45) is 0 Å². The first kappa shape index (κ1) is 18.8. The number of aromatic nitrogens is 1. The Hall–Kier alpha value is -2.54. The Kier molecular flexibility index (Phi) is 6.82. The number of aryl methyl sites for hydroxylation is 1. The average molecular weight is 360 g/mol. The molecule has 1 aromatic heterocycles. The summed E-state index contributed by atoms with van der Waals surface area (Å²) in [7, 11) is 0. The Labute approximate surface area is 150 Å². The first-order valence-electron chi connectivity index (χ1n) is 7.78. The summed E-state index contributed by atoms with van der Waals surface area (Å²) in [6.07, 6.45) is 1.43. The number of esters is 1. The Morgan fingerprint density at radius 1 is 1.20 bits per heavy atom. The van der Waals surface area contributed by atoms with Crippen LogP contribution in [-0.4, -0.2) is 41.5 Å². The predicted molar refractivity (Wildman–Crippen MR) is 96.0 cm³/mol. The number of rotatable bonds is 8. The molecule has 7 heteroatoms. The van der Waals surface area contributed by atoms with E-state index in [0.29, 0.717) is 12.1 Å². The van der Waals surface area contributed by atoms with Crippen LogP contribution in [0.4, 0.5) is 0 Å². The second-order valence-electron chi connectivity index (χ2n) is 5.45. The zero-order chi connectivity index (χ0) is 18.2. The summed E-state index contributed by atoms with van der Waals surface area (Å²) >= 11 is 1.64. The molecule has 2 N–H and O–H groups in total. The topological polar surface area (TPSA) is 88.3 Å². The molecule has 0 fully saturated rings. The summed E-state index contributed by atoms with van der Waals surface area (Å²) in [5.74, 6) is -0.464. The van der Waals surface area contributed by atoms with Crippen LogP contribution in [0.1, 0.15) is 33.3 Å². The van der Waals surface area contributed by atoms with E-state index in [1.165, 1.54) is 24.8 Å². The van der Waals surface area contributed by atoms with Gasteiger partial charge in [0.15, 0.2) is 12.4 Å². The van der Waals surface area contributed by atoms with Crippen molar-refractivity contribution in [2.45, 2.75) is 18.7 Å². The molecule has 0 saturated heterocycles. The number of hydrogen-bond acceptors (Lipinski definition) is 5. The minimum Gasteiger partial charge on any atom is -0.451 e. The SMILES string of the molecule is CC(=O)c1c[nH]c(C(=O)OCC(=O)NCCSc2ccc(C)cc2)c1. The minimum atomic E-state index is -0.670. The van der Waals surface area contributed by atoms with Gasteiger partial charge >= 0.3 is 5.97 Å². The lowest BCUT2D eigenvalue weighted by molar-refractivity contribution is -0.124. The van der Waals surface area contributed by atoms with Gasteiger partial charge in [0, 0.05) is 29.0 Å². The van der Waals surface area contributed by atoms with E-state index in [2.05, 4.69) is 10.3 Å². The van der Waals surface area contributed by atoms with Gasteiger partial charge in [0.1, 0.15) is 5.69 Å². The highest BCUT2D eigenvalue weighted by atomic mass is 32.2. The van der Waals surface area contributed by atoms with Crippen molar-refractivity contribution < 1.29 is 19.1 Å². The highest BCUT2D eigenvalue weighted by Gasteiger charge is 2.13. The lowest BCUT2D eigenvalue weighted by Gasteiger charge is -2.06. The molecule has 0 atom stereocenters. The van der Waals surface area contributed by atoms with Gasteiger partial charge in [-0.1, -0.05) is 17.7 Å². The van der Waals surface area contributed by atoms with Crippen LogP contribution < -0.4 is 5.32 Å². The van der Waals surface area contributed by atoms with Crippen LogP contribution in [0.3, 0.4) is 0 Å². The van der Waals surface area contributed by atoms with Crippen molar-refractivity contribution in [3.8, 4) is 0 Å². The highest BCUT2D eigenvalue weighted by Crippen LogP contribution is 2.17. The van der Waals surface area contributed by atoms with Crippen molar-refractivity contribution >= 4 is 29.4 Å². The van der Waals surface area contributed by atoms with Gasteiger partial charge < -0.3 is 15.0 Å². The molecule has 1 heterocycles. The molecule has 1 aromatic carbocycles. The molecule has 0 spiro atoms. The van der Waals surface area contributed by atoms with Gasteiger partial charge in [0.25, 0.3) is 5.91 Å². The van der Waals surface area contributed by atoms with Crippen molar-refractivity contribution in [3.05, 3.63) is 53.3 Å². The number of thioether (sulfide) groups is 1. The number of ketones is 1. The highest BCUT2D eigenvalue weighted by molar-refractivity contribution is 7.99. The van der Waals surface area contributed by atoms with Gasteiger partial charge in [-0.2, -0.15) is 0 Å². The van der Waals surface area contributed by atoms with Crippen LogP contribution in [0.2, 0.25) is 0 Å². The summed E-state index contributed by atoms with van der Waals surface area (Å²) in [5, 5.41) is 2.69. The van der Waals surface area contributed by atoms with Crippen LogP contribution in [0.5, 0.6) is 0 Å². The third-order valence-electron chi connectivity index (χ3n) is 3.36. The summed E-state index contributed by atoms with van der Waals surface area (Å²) < 4.78 is 4.91. The molecule has 2 rings (SSSR count). The fourth-order valence-electron chi connectivity index (χ4n) is 1.97. The van der Waals surface area contributed by atoms with Crippen LogP contribution in [0, 0.1) is 6.92 Å². The van der Waals surface area contributed by atoms with Crippen LogP contribution in [0.25, 0.3) is 0 Å². The fraction of sp³-hybridized carbons (Fsp3) is 0.278. The molecule has 25 heavy (non-hydrogen) atoms. The maximum Gasteiger partial charge on any atom is 0.355 e. The third-order valence-corrected chi connectivity index (χ3v) is 4.37. The van der Waals surface area contributed by atoms with Gasteiger partial charge in [-0.3, -0.25) is 9.59 Å². The maximum absolute atomic E-state index is 11.8. The number of hydrogen-bond donors (Lipinski definition) is 2. The van der Waals surface area contributed by atoms with E-state index in [0.717, 1.165) is 10.6 Å². The molecule has 0 radical (unpaired) electrons. The van der Waals surface area contributed by atoms with Gasteiger partial charge in [-0.15, -0.1) is 11.8 Å². The van der Waals surface area contributed by atoms with Gasteiger partial charge in [-0.05, 0) is 32.0 Å². The summed E-state index contributed by atoms with van der Waals surface area (Å²) in [5.41, 5.74) is 1.74. The van der Waals surface area contributed by atoms with Gasteiger partial charge in [0.2, 0.25) is 0 Å². The molecule has 0 bridgehead atoms. The third kappa shape index (κ3) is 6.11. The first-order chi connectivity index (χ1) is 12.0. The summed E-state index contributed by atoms with van der Waals surface area (Å²) in [4.78, 5) is 38.4. The molecule has 0 unspecified atom stereocenters. The molecule has 0 aliphatic heterocycles. The number of ether oxygens (including phenoxy) is 1. The van der Waals surface area contributed by atoms with Crippen molar-refractivity contribution in [3.63, 3.8) is 0 Å². The predicted octanol–water partition coefficient (Wildman–Crippen LogP) is 2.59. The van der Waals surface area contributed by atoms with Crippen molar-refractivity contribution in [1.29, 1.82) is 0 Å². The number of nitrogens with one attached hydrogen (secondary N) is 2. The van der Waals surface area contributed by atoms with E-state index in [1.54, 1.807) is 11.8 Å². The zero-order valence-electron chi connectivity index (χ0n) is 14.1. The molecule has 0 aliphatic carbocycles. The van der Waals surface area contributed by atoms with E-state index in [1.807, 2.05) is 31.2 Å². The van der Waals surface area contributed by atoms with Crippen molar-refractivity contribution in [2.75, 3.05) is 18.9 Å². The molecule has 0 saturated carbocycles. The first-order valence-corrected chi connectivity index (χ1v) is 8.77. The molecule has 132 valence electrons. The van der Waals surface area contributed by atoms with E-state index in [-0.39, 0.29) is 24.0 Å². The molecular formula is C18H20N2O4S. The molecule has 2 aromatic rings. The van der Waals surface area contributed by atoms with E-state index < -0.39 is 5.97 Å². The normalized spacial score (nSPS) is 10.3. The quantitative estimate of drug-likeness (QED) is 0.327. The number of benzene rings is 1. The van der Waals surface area contributed by atoms with Gasteiger partial charge in [-0.25, -0.2) is 4.79 Å². The van der Waals surface area contributed by atoms with E-state index >= 15 is 0 Å². The Morgan fingerprint density at radius 2 is 1.92 bits per heavy atom. The fourth-order valence-corrected chi connectivity index (χ4v) is 2.74. The smallest absolute Gasteiger partial charge is 0.355 e. The summed E-state index contributed by atoms with van der Waals surface area (Å²) in [6, 6.07) is 9.56. The Morgan fingerprint density at radius 3 is 2.56 bits per heavy atom. The van der Waals surface area contributed by atoms with Crippen LogP contribution in [0.15, 0.2) is 41.4 Å². The average Bonchev–Trinajstić information content (AvgIpc) is 3.08. The lowest BCUT2D eigenvalue weighted by atomic mass is 10.2. The number of H-pyrrole nitrogens is 1. The molecule has 0 aliphatic rings. The standard InChI is InChI=1S/C18H20N2O4S/c1-12-3-5-15(6-4-12)25-8-7-19-17(22)11-24-18(23)16-9-14(10-20-16)13(2)21/h3-6,9-10,20H,7-8,11H2,1-2H3,(H,19,22). The molecule has 1 amide bonds. The lowest BCUT2D eigenvalue weighted by Crippen LogP contribution is -2.30. The van der Waals surface area contributed by atoms with E-state index in [9.17, 15) is 14.4 Å². The van der Waals surface area contributed by atoms with Gasteiger partial charge in [0.05, 0.1) is 0 Å². The summed E-state index contributed by atoms with van der Waals surface area (Å²) in [6.45, 7) is 3.55. The number of aromatic amines is 1. The number of carbonyl (C=O) groups excluding carboxylic acids is 3. The molecule has 6 nitrogen and oxygen atoms in total. The Bertz CT molecular complexity index is 753. The minimum absolute atomic E-state index is 0.146. The second-order valence-corrected chi connectivity index (χ2v) is 6.61. The zero-order valence-corrected chi connectivity index (χ0v) is 14.9. The molecular weight excluding hydrogens is 340 g/mol. The number of amides is 1. The second kappa shape index (κ2) is 9.08.